The summed E-state index contributed by atoms with van der Waals surface area (Å²) < 4.78 is 4.83. The smallest absolute Gasteiger partial charge is 0.355 e. The van der Waals surface area contributed by atoms with Crippen LogP contribution in [-0.2, 0) is 13.1 Å². The first-order chi connectivity index (χ1) is 9.54. The molecule has 0 fully saturated rings. The van der Waals surface area contributed by atoms with E-state index in [0.717, 1.165) is 11.3 Å². The maximum atomic E-state index is 11.5. The van der Waals surface area contributed by atoms with Crippen LogP contribution in [0.1, 0.15) is 27.2 Å². The number of aryl methyl sites for hydroxylation is 1. The van der Waals surface area contributed by atoms with Gasteiger partial charge in [-0.25, -0.2) is 14.6 Å². The van der Waals surface area contributed by atoms with Gasteiger partial charge in [0.25, 0.3) is 0 Å². The molecule has 0 saturated heterocycles. The molecule has 0 radical (unpaired) electrons. The molecule has 0 unspecified atom stereocenters. The number of carbonyl (C=O) groups excluding carboxylic acids is 1. The summed E-state index contributed by atoms with van der Waals surface area (Å²) in [4.78, 5) is 29.9. The first kappa shape index (κ1) is 13.9. The molecule has 10 heteroatoms. The summed E-state index contributed by atoms with van der Waals surface area (Å²) in [5, 5.41) is 19.3. The molecule has 2 aromatic rings. The highest BCUT2D eigenvalue weighted by Crippen LogP contribution is 2.09. The van der Waals surface area contributed by atoms with Crippen LogP contribution >= 0.6 is 11.3 Å². The summed E-state index contributed by atoms with van der Waals surface area (Å²) in [6, 6.07) is -0.437. The third-order valence-electron chi connectivity index (χ3n) is 2.14. The number of hydrogen-bond acceptors (Lipinski definition) is 7. The molecule has 2 heterocycles. The zero-order valence-corrected chi connectivity index (χ0v) is 11.2. The highest BCUT2D eigenvalue weighted by atomic mass is 32.1. The Morgan fingerprint density at radius 1 is 1.35 bits per heavy atom. The number of thiazole rings is 1. The third-order valence-corrected chi connectivity index (χ3v) is 2.99. The van der Waals surface area contributed by atoms with Crippen LogP contribution in [0.15, 0.2) is 9.90 Å². The van der Waals surface area contributed by atoms with Crippen LogP contribution in [0.2, 0.25) is 0 Å². The number of nitrogens with zero attached hydrogens (tertiary/aromatic N) is 3. The Balaban J connectivity index is 1.75. The first-order valence-electron chi connectivity index (χ1n) is 5.53. The van der Waals surface area contributed by atoms with Gasteiger partial charge in [0.05, 0.1) is 13.1 Å². The highest BCUT2D eigenvalue weighted by molar-refractivity contribution is 7.09. The molecular formula is C10H11N5O4S. The van der Waals surface area contributed by atoms with E-state index in [1.165, 1.54) is 5.38 Å². The van der Waals surface area contributed by atoms with Gasteiger partial charge in [0.1, 0.15) is 5.01 Å². The Labute approximate surface area is 117 Å². The van der Waals surface area contributed by atoms with Crippen LogP contribution in [0.3, 0.4) is 0 Å². The van der Waals surface area contributed by atoms with Crippen LogP contribution in [0.4, 0.5) is 4.79 Å². The molecule has 0 atom stereocenters. The number of carboxylic acids is 1. The Morgan fingerprint density at radius 3 is 2.70 bits per heavy atom. The Morgan fingerprint density at radius 2 is 2.10 bits per heavy atom. The number of amides is 2. The van der Waals surface area contributed by atoms with Crippen molar-refractivity contribution < 1.29 is 19.2 Å². The molecule has 0 aliphatic carbocycles. The van der Waals surface area contributed by atoms with Gasteiger partial charge in [0.15, 0.2) is 11.5 Å². The maximum Gasteiger partial charge on any atom is 0.355 e. The molecule has 0 aliphatic rings. The van der Waals surface area contributed by atoms with E-state index in [9.17, 15) is 9.59 Å². The molecule has 106 valence electrons. The molecule has 3 N–H and O–H groups in total. The minimum atomic E-state index is -1.09. The number of carbonyl (C=O) groups is 2. The molecule has 2 rings (SSSR count). The van der Waals surface area contributed by atoms with Gasteiger partial charge in [0.2, 0.25) is 5.89 Å². The average molecular weight is 297 g/mol. The fourth-order valence-corrected chi connectivity index (χ4v) is 1.98. The van der Waals surface area contributed by atoms with Gasteiger partial charge in [0, 0.05) is 5.38 Å². The number of carboxylic acid groups (broad SMARTS) is 1. The minimum absolute atomic E-state index is 0.0338. The van der Waals surface area contributed by atoms with Gasteiger partial charge in [-0.15, -0.1) is 11.3 Å². The monoisotopic (exact) mass is 297 g/mol. The van der Waals surface area contributed by atoms with Crippen LogP contribution in [0, 0.1) is 6.92 Å². The second-order valence-corrected chi connectivity index (χ2v) is 4.65. The topological polar surface area (TPSA) is 130 Å². The number of aromatic carboxylic acids is 1. The quantitative estimate of drug-likeness (QED) is 0.733. The van der Waals surface area contributed by atoms with Crippen LogP contribution in [0.25, 0.3) is 0 Å². The second-order valence-electron chi connectivity index (χ2n) is 3.70. The van der Waals surface area contributed by atoms with Crippen molar-refractivity contribution in [1.82, 2.24) is 25.8 Å². The van der Waals surface area contributed by atoms with Gasteiger partial charge in [-0.2, -0.15) is 4.98 Å². The van der Waals surface area contributed by atoms with Crippen molar-refractivity contribution in [3.8, 4) is 0 Å². The molecule has 2 aromatic heterocycles. The molecule has 0 saturated carbocycles. The number of hydrogen-bond donors (Lipinski definition) is 3. The second kappa shape index (κ2) is 6.10. The summed E-state index contributed by atoms with van der Waals surface area (Å²) in [5.74, 6) is -0.296. The molecular weight excluding hydrogens is 286 g/mol. The maximum absolute atomic E-state index is 11.5. The molecule has 9 nitrogen and oxygen atoms in total. The minimum Gasteiger partial charge on any atom is -0.476 e. The lowest BCUT2D eigenvalue weighted by molar-refractivity contribution is 0.0691. The van der Waals surface area contributed by atoms with Gasteiger partial charge in [-0.3, -0.25) is 0 Å². The van der Waals surface area contributed by atoms with Crippen molar-refractivity contribution in [2.45, 2.75) is 20.0 Å². The van der Waals surface area contributed by atoms with E-state index >= 15 is 0 Å². The van der Waals surface area contributed by atoms with Crippen LogP contribution in [0.5, 0.6) is 0 Å². The van der Waals surface area contributed by atoms with Crippen molar-refractivity contribution in [3.05, 3.63) is 27.8 Å². The van der Waals surface area contributed by atoms with Crippen molar-refractivity contribution >= 4 is 23.3 Å². The van der Waals surface area contributed by atoms with E-state index in [1.54, 1.807) is 6.92 Å². The summed E-state index contributed by atoms with van der Waals surface area (Å²) >= 11 is 1.16. The largest absolute Gasteiger partial charge is 0.476 e. The lowest BCUT2D eigenvalue weighted by atomic mass is 10.5. The average Bonchev–Trinajstić information content (AvgIpc) is 3.03. The molecule has 20 heavy (non-hydrogen) atoms. The van der Waals surface area contributed by atoms with Crippen LogP contribution < -0.4 is 10.6 Å². The number of nitrogens with one attached hydrogen (secondary N) is 2. The lowest BCUT2D eigenvalue weighted by Gasteiger charge is -2.03. The highest BCUT2D eigenvalue weighted by Gasteiger charge is 2.10. The van der Waals surface area contributed by atoms with Crippen molar-refractivity contribution in [2.24, 2.45) is 0 Å². The molecule has 0 aliphatic heterocycles. The predicted octanol–water partition coefficient (Wildman–Crippen LogP) is 0.532. The standard InChI is InChI=1S/C10H11N5O4S/c1-5-13-7(19-15-5)2-11-10(18)12-3-8-14-6(4-20-8)9(16)17/h4H,2-3H2,1H3,(H,16,17)(H2,11,12,18). The zero-order valence-electron chi connectivity index (χ0n) is 10.4. The van der Waals surface area contributed by atoms with Gasteiger partial charge in [-0.05, 0) is 6.92 Å². The zero-order chi connectivity index (χ0) is 14.5. The van der Waals surface area contributed by atoms with Crippen LogP contribution in [-0.4, -0.2) is 32.2 Å². The summed E-state index contributed by atoms with van der Waals surface area (Å²) in [6.45, 7) is 1.94. The van der Waals surface area contributed by atoms with E-state index in [1.807, 2.05) is 0 Å². The lowest BCUT2D eigenvalue weighted by Crippen LogP contribution is -2.34. The number of rotatable bonds is 5. The van der Waals surface area contributed by atoms with Crippen molar-refractivity contribution in [2.75, 3.05) is 0 Å². The first-order valence-corrected chi connectivity index (χ1v) is 6.41. The fourth-order valence-electron chi connectivity index (χ4n) is 1.28. The fraction of sp³-hybridized carbons (Fsp3) is 0.300. The van der Waals surface area contributed by atoms with Gasteiger partial charge >= 0.3 is 12.0 Å². The van der Waals surface area contributed by atoms with E-state index in [0.29, 0.717) is 16.7 Å². The van der Waals surface area contributed by atoms with E-state index in [2.05, 4.69) is 25.8 Å². The predicted molar refractivity (Wildman–Crippen MR) is 67.2 cm³/mol. The Bertz CT molecular complexity index is 623. The van der Waals surface area contributed by atoms with E-state index in [4.69, 9.17) is 9.63 Å². The van der Waals surface area contributed by atoms with E-state index in [-0.39, 0.29) is 18.8 Å². The normalized spacial score (nSPS) is 10.2. The summed E-state index contributed by atoms with van der Waals surface area (Å²) in [7, 11) is 0. The summed E-state index contributed by atoms with van der Waals surface area (Å²) in [5.41, 5.74) is -0.0338. The van der Waals surface area contributed by atoms with Gasteiger partial charge < -0.3 is 20.3 Å². The molecule has 0 spiro atoms. The number of urea groups is 1. The van der Waals surface area contributed by atoms with E-state index < -0.39 is 12.0 Å². The Hall–Kier alpha value is -2.49. The van der Waals surface area contributed by atoms with Gasteiger partial charge in [-0.1, -0.05) is 5.16 Å². The molecule has 2 amide bonds. The van der Waals surface area contributed by atoms with Crippen molar-refractivity contribution in [3.63, 3.8) is 0 Å². The molecule has 0 bridgehead atoms. The SMILES string of the molecule is Cc1noc(CNC(=O)NCc2nc(C(=O)O)cs2)n1. The molecule has 0 aromatic carbocycles. The Kier molecular flexibility index (Phi) is 4.25. The third kappa shape index (κ3) is 3.75. The summed E-state index contributed by atoms with van der Waals surface area (Å²) in [6.07, 6.45) is 0. The van der Waals surface area contributed by atoms with Crippen molar-refractivity contribution in [1.29, 1.82) is 0 Å². The number of aromatic nitrogens is 3.